The standard InChI is InChI=1S/C8H12N2/c1-2-4-8-5-6-9-10(8)7-3-1/h1-3,7-9H,4-6H2. The Hall–Kier alpha value is -0.760. The van der Waals surface area contributed by atoms with Crippen LogP contribution in [0, 0.1) is 0 Å². The van der Waals surface area contributed by atoms with Crippen molar-refractivity contribution in [3.63, 3.8) is 0 Å². The normalized spacial score (nSPS) is 30.4. The second-order valence-corrected chi connectivity index (χ2v) is 2.76. The maximum Gasteiger partial charge on any atom is 0.0495 e. The third-order valence-electron chi connectivity index (χ3n) is 2.07. The van der Waals surface area contributed by atoms with Gasteiger partial charge in [-0.2, -0.15) is 0 Å². The molecule has 54 valence electrons. The van der Waals surface area contributed by atoms with Gasteiger partial charge in [-0.05, 0) is 18.9 Å². The molecule has 2 heterocycles. The molecular formula is C8H12N2. The molecule has 2 nitrogen and oxygen atoms in total. The molecule has 0 radical (unpaired) electrons. The Bertz CT molecular complexity index is 172. The monoisotopic (exact) mass is 136 g/mol. The van der Waals surface area contributed by atoms with Gasteiger partial charge in [-0.25, -0.2) is 5.43 Å². The first-order valence-corrected chi connectivity index (χ1v) is 3.82. The van der Waals surface area contributed by atoms with Gasteiger partial charge in [0.25, 0.3) is 0 Å². The molecule has 2 rings (SSSR count). The van der Waals surface area contributed by atoms with Gasteiger partial charge in [0.05, 0.1) is 0 Å². The van der Waals surface area contributed by atoms with Crippen LogP contribution in [-0.4, -0.2) is 17.6 Å². The molecule has 0 amide bonds. The molecule has 2 aliphatic rings. The maximum atomic E-state index is 3.31. The topological polar surface area (TPSA) is 15.3 Å². The van der Waals surface area contributed by atoms with Gasteiger partial charge in [0.15, 0.2) is 0 Å². The van der Waals surface area contributed by atoms with Gasteiger partial charge in [-0.3, -0.25) is 0 Å². The summed E-state index contributed by atoms with van der Waals surface area (Å²) in [5.41, 5.74) is 3.31. The minimum atomic E-state index is 0.704. The molecule has 0 bridgehead atoms. The molecule has 1 N–H and O–H groups in total. The van der Waals surface area contributed by atoms with Gasteiger partial charge in [-0.1, -0.05) is 12.2 Å². The summed E-state index contributed by atoms with van der Waals surface area (Å²) in [4.78, 5) is 0. The van der Waals surface area contributed by atoms with Crippen LogP contribution in [-0.2, 0) is 0 Å². The van der Waals surface area contributed by atoms with Crippen LogP contribution in [0.5, 0.6) is 0 Å². The van der Waals surface area contributed by atoms with Crippen molar-refractivity contribution in [3.05, 3.63) is 24.4 Å². The average Bonchev–Trinajstić information content (AvgIpc) is 2.28. The number of hydrogen-bond acceptors (Lipinski definition) is 2. The molecule has 0 aromatic rings. The van der Waals surface area contributed by atoms with Gasteiger partial charge < -0.3 is 5.01 Å². The molecule has 0 spiro atoms. The van der Waals surface area contributed by atoms with Crippen molar-refractivity contribution < 1.29 is 0 Å². The number of nitrogens with one attached hydrogen (secondary N) is 1. The first-order chi connectivity index (χ1) is 4.97. The Kier molecular flexibility index (Phi) is 1.47. The van der Waals surface area contributed by atoms with Crippen LogP contribution in [0.4, 0.5) is 0 Å². The molecule has 2 heteroatoms. The van der Waals surface area contributed by atoms with Crippen LogP contribution in [0.3, 0.4) is 0 Å². The zero-order valence-electron chi connectivity index (χ0n) is 5.96. The Balaban J connectivity index is 2.12. The van der Waals surface area contributed by atoms with E-state index in [1.807, 2.05) is 0 Å². The predicted molar refractivity (Wildman–Crippen MR) is 41.1 cm³/mol. The van der Waals surface area contributed by atoms with Crippen molar-refractivity contribution in [2.45, 2.75) is 18.9 Å². The summed E-state index contributed by atoms with van der Waals surface area (Å²) in [6, 6.07) is 0.704. The van der Waals surface area contributed by atoms with E-state index in [1.54, 1.807) is 0 Å². The molecule has 1 atom stereocenters. The molecule has 1 saturated heterocycles. The summed E-state index contributed by atoms with van der Waals surface area (Å²) in [6.07, 6.45) is 11.0. The van der Waals surface area contributed by atoms with Gasteiger partial charge in [-0.15, -0.1) is 0 Å². The lowest BCUT2D eigenvalue weighted by molar-refractivity contribution is 0.277. The lowest BCUT2D eigenvalue weighted by atomic mass is 10.1. The molecule has 10 heavy (non-hydrogen) atoms. The van der Waals surface area contributed by atoms with Gasteiger partial charge in [0.1, 0.15) is 0 Å². The highest BCUT2D eigenvalue weighted by Crippen LogP contribution is 2.15. The highest BCUT2D eigenvalue weighted by atomic mass is 15.5. The first kappa shape index (κ1) is 5.98. The molecule has 2 aliphatic heterocycles. The Morgan fingerprint density at radius 3 is 3.40 bits per heavy atom. The van der Waals surface area contributed by atoms with E-state index in [4.69, 9.17) is 0 Å². The fraction of sp³-hybridized carbons (Fsp3) is 0.500. The minimum absolute atomic E-state index is 0.704. The zero-order valence-corrected chi connectivity index (χ0v) is 5.96. The van der Waals surface area contributed by atoms with E-state index in [-0.39, 0.29) is 0 Å². The summed E-state index contributed by atoms with van der Waals surface area (Å²) >= 11 is 0. The van der Waals surface area contributed by atoms with Crippen LogP contribution in [0.25, 0.3) is 0 Å². The predicted octanol–water partition coefficient (Wildman–Crippen LogP) is 1.04. The third-order valence-corrected chi connectivity index (χ3v) is 2.07. The van der Waals surface area contributed by atoms with Crippen LogP contribution in [0.2, 0.25) is 0 Å². The van der Waals surface area contributed by atoms with Crippen molar-refractivity contribution in [1.29, 1.82) is 0 Å². The summed E-state index contributed by atoms with van der Waals surface area (Å²) in [5.74, 6) is 0. The smallest absolute Gasteiger partial charge is 0.0495 e. The molecular weight excluding hydrogens is 124 g/mol. The molecule has 0 saturated carbocycles. The number of hydrogen-bond donors (Lipinski definition) is 1. The van der Waals surface area contributed by atoms with Crippen molar-refractivity contribution in [3.8, 4) is 0 Å². The van der Waals surface area contributed by atoms with Crippen molar-refractivity contribution >= 4 is 0 Å². The summed E-state index contributed by atoms with van der Waals surface area (Å²) in [7, 11) is 0. The Labute approximate surface area is 61.2 Å². The minimum Gasteiger partial charge on any atom is -0.312 e. The van der Waals surface area contributed by atoms with Crippen molar-refractivity contribution in [1.82, 2.24) is 10.4 Å². The van der Waals surface area contributed by atoms with Crippen LogP contribution in [0.1, 0.15) is 12.8 Å². The molecule has 0 aromatic heterocycles. The van der Waals surface area contributed by atoms with Crippen molar-refractivity contribution in [2.75, 3.05) is 6.54 Å². The van der Waals surface area contributed by atoms with Gasteiger partial charge in [0, 0.05) is 18.8 Å². The van der Waals surface area contributed by atoms with E-state index in [1.165, 1.54) is 12.8 Å². The number of rotatable bonds is 0. The summed E-state index contributed by atoms with van der Waals surface area (Å²) < 4.78 is 0. The summed E-state index contributed by atoms with van der Waals surface area (Å²) in [5, 5.41) is 2.21. The second kappa shape index (κ2) is 2.46. The van der Waals surface area contributed by atoms with E-state index < -0.39 is 0 Å². The number of fused-ring (bicyclic) bond motifs is 1. The first-order valence-electron chi connectivity index (χ1n) is 3.82. The molecule has 0 aromatic carbocycles. The highest BCUT2D eigenvalue weighted by molar-refractivity contribution is 5.08. The van der Waals surface area contributed by atoms with Crippen LogP contribution >= 0.6 is 0 Å². The van der Waals surface area contributed by atoms with Crippen LogP contribution in [0.15, 0.2) is 24.4 Å². The third kappa shape index (κ3) is 0.948. The molecule has 1 unspecified atom stereocenters. The van der Waals surface area contributed by atoms with Crippen molar-refractivity contribution in [2.24, 2.45) is 0 Å². The lowest BCUT2D eigenvalue weighted by Gasteiger charge is -2.19. The van der Waals surface area contributed by atoms with E-state index in [0.717, 1.165) is 6.54 Å². The van der Waals surface area contributed by atoms with E-state index in [0.29, 0.717) is 6.04 Å². The molecule has 1 fully saturated rings. The maximum absolute atomic E-state index is 3.31. The number of allylic oxidation sites excluding steroid dienone is 2. The summed E-state index contributed by atoms with van der Waals surface area (Å²) in [6.45, 7) is 1.13. The zero-order chi connectivity index (χ0) is 6.81. The van der Waals surface area contributed by atoms with Gasteiger partial charge in [0.2, 0.25) is 0 Å². The SMILES string of the molecule is C1=CCC2CCNN2C=C1. The Morgan fingerprint density at radius 2 is 2.40 bits per heavy atom. The molecule has 0 aliphatic carbocycles. The lowest BCUT2D eigenvalue weighted by Crippen LogP contribution is -2.31. The largest absolute Gasteiger partial charge is 0.312 e. The van der Waals surface area contributed by atoms with E-state index >= 15 is 0 Å². The fourth-order valence-corrected chi connectivity index (χ4v) is 1.49. The highest BCUT2D eigenvalue weighted by Gasteiger charge is 2.20. The Morgan fingerprint density at radius 1 is 1.40 bits per heavy atom. The quantitative estimate of drug-likeness (QED) is 0.535. The number of hydrazine groups is 1. The number of nitrogens with zero attached hydrogens (tertiary/aromatic N) is 1. The van der Waals surface area contributed by atoms with Crippen LogP contribution < -0.4 is 5.43 Å². The fourth-order valence-electron chi connectivity index (χ4n) is 1.49. The second-order valence-electron chi connectivity index (χ2n) is 2.76. The van der Waals surface area contributed by atoms with Gasteiger partial charge >= 0.3 is 0 Å². The average molecular weight is 136 g/mol. The van der Waals surface area contributed by atoms with E-state index in [2.05, 4.69) is 34.9 Å². The van der Waals surface area contributed by atoms with E-state index in [9.17, 15) is 0 Å².